The van der Waals surface area contributed by atoms with E-state index in [4.69, 9.17) is 14.7 Å². The summed E-state index contributed by atoms with van der Waals surface area (Å²) in [5, 5.41) is 1.22. The van der Waals surface area contributed by atoms with Gasteiger partial charge in [-0.3, -0.25) is 19.6 Å². The van der Waals surface area contributed by atoms with Gasteiger partial charge in [0.25, 0.3) is 13.4 Å². The molecule has 13 aromatic rings. The maximum absolute atomic E-state index is 7.95. The highest BCUT2D eigenvalue weighted by atomic mass is 32.1. The number of aromatic nitrogens is 2. The fourth-order valence-electron chi connectivity index (χ4n) is 18.8. The van der Waals surface area contributed by atoms with E-state index in [1.807, 2.05) is 11.3 Å². The highest BCUT2D eigenvalue weighted by Crippen LogP contribution is 2.56. The van der Waals surface area contributed by atoms with Crippen molar-refractivity contribution in [1.29, 1.82) is 0 Å². The minimum Gasteiger partial charge on any atom is -0.458 e. The third-order valence-electron chi connectivity index (χ3n) is 22.7. The second-order valence-electron chi connectivity index (χ2n) is 32.4. The molecule has 492 valence electrons. The fourth-order valence-corrected chi connectivity index (χ4v) is 20.1. The fraction of sp³-hybridized carbons (Fsp3) is 0.200. The summed E-state index contributed by atoms with van der Waals surface area (Å²) >= 11 is 1.92. The summed E-state index contributed by atoms with van der Waals surface area (Å²) in [5.74, 6) is 4.92. The van der Waals surface area contributed by atoms with Crippen LogP contribution in [0.1, 0.15) is 117 Å². The van der Waals surface area contributed by atoms with Crippen LogP contribution in [0.15, 0.2) is 255 Å². The lowest BCUT2D eigenvalue weighted by Gasteiger charge is -2.45. The van der Waals surface area contributed by atoms with Crippen molar-refractivity contribution in [2.75, 3.05) is 24.5 Å². The lowest BCUT2D eigenvalue weighted by Crippen LogP contribution is -2.64. The normalized spacial score (nSPS) is 16.3. The molecule has 0 spiro atoms. The molecule has 0 atom stereocenters. The highest BCUT2D eigenvalue weighted by molar-refractivity contribution is 7.33. The monoisotopic (exact) mass is 1330 g/mol. The van der Waals surface area contributed by atoms with Gasteiger partial charge >= 0.3 is 0 Å². The molecule has 0 bridgehead atoms. The van der Waals surface area contributed by atoms with Gasteiger partial charge in [0, 0.05) is 95.4 Å². The van der Waals surface area contributed by atoms with E-state index in [9.17, 15) is 0 Å². The quantitative estimate of drug-likeness (QED) is 0.133. The Morgan fingerprint density at radius 1 is 0.396 bits per heavy atom. The Bertz CT molecular complexity index is 5480. The van der Waals surface area contributed by atoms with Gasteiger partial charge in [0.05, 0.1) is 5.69 Å². The van der Waals surface area contributed by atoms with Gasteiger partial charge in [-0.05, 0) is 193 Å². The SMILES string of the molecule is CC(C)(C)c1ccc2sc3c(c2c1)N(c1ccc2c(c1)C(C)(C)CC2(C)C)c1nc(N(c2ccccc2)c2ccccc2)cc2c1B3c1cc3c(cc1O2)N(c1ccccc1)c1cc(N(c2ccccc2)c2ccccc2)nc2c1B3c1ccccc1N2c1ccc2c(c1)C(C)(C)CC2(C)C. The van der Waals surface area contributed by atoms with Gasteiger partial charge in [-0.25, -0.2) is 9.97 Å². The molecule has 3 aromatic heterocycles. The summed E-state index contributed by atoms with van der Waals surface area (Å²) in [4.78, 5) is 24.5. The predicted octanol–water partition coefficient (Wildman–Crippen LogP) is 20.3. The summed E-state index contributed by atoms with van der Waals surface area (Å²) in [5.41, 5.74) is 24.1. The number of rotatable bonds is 9. The van der Waals surface area contributed by atoms with Crippen LogP contribution in [0.2, 0.25) is 0 Å². The van der Waals surface area contributed by atoms with E-state index in [1.165, 1.54) is 59.3 Å². The van der Waals surface area contributed by atoms with Gasteiger partial charge in [0.1, 0.15) is 34.8 Å². The average Bonchev–Trinajstić information content (AvgIpc) is 1.44. The lowest BCUT2D eigenvalue weighted by molar-refractivity contribution is 0.402. The summed E-state index contributed by atoms with van der Waals surface area (Å²) < 4.78 is 10.5. The molecule has 0 N–H and O–H groups in total. The van der Waals surface area contributed by atoms with Crippen molar-refractivity contribution in [2.24, 2.45) is 0 Å². The molecule has 8 nitrogen and oxygen atoms in total. The molecule has 10 aromatic carbocycles. The first kappa shape index (κ1) is 61.5. The molecular weight excluding hydrogens is 1250 g/mol. The first-order valence-electron chi connectivity index (χ1n) is 35.9. The summed E-state index contributed by atoms with van der Waals surface area (Å²) in [6.45, 7) is 25.8. The molecule has 6 aliphatic rings. The molecule has 101 heavy (non-hydrogen) atoms. The van der Waals surface area contributed by atoms with Crippen LogP contribution in [-0.4, -0.2) is 23.4 Å². The molecule has 19 rings (SSSR count). The molecule has 0 unspecified atom stereocenters. The summed E-state index contributed by atoms with van der Waals surface area (Å²) in [6.07, 6.45) is 2.12. The van der Waals surface area contributed by atoms with Crippen LogP contribution in [0.4, 0.5) is 85.8 Å². The number of ether oxygens (including phenoxy) is 1. The van der Waals surface area contributed by atoms with Gasteiger partial charge < -0.3 is 9.64 Å². The Balaban J connectivity index is 0.911. The Kier molecular flexibility index (Phi) is 13.4. The second-order valence-corrected chi connectivity index (χ2v) is 33.5. The van der Waals surface area contributed by atoms with Crippen LogP contribution in [0.5, 0.6) is 11.5 Å². The van der Waals surface area contributed by atoms with Gasteiger partial charge in [-0.15, -0.1) is 11.3 Å². The van der Waals surface area contributed by atoms with Crippen molar-refractivity contribution in [1.82, 2.24) is 9.97 Å². The third kappa shape index (κ3) is 9.41. The van der Waals surface area contributed by atoms with E-state index in [-0.39, 0.29) is 40.5 Å². The Morgan fingerprint density at radius 2 is 0.891 bits per heavy atom. The first-order valence-corrected chi connectivity index (χ1v) is 36.7. The van der Waals surface area contributed by atoms with Crippen LogP contribution < -0.4 is 61.3 Å². The van der Waals surface area contributed by atoms with E-state index < -0.39 is 0 Å². The Morgan fingerprint density at radius 3 is 1.45 bits per heavy atom. The van der Waals surface area contributed by atoms with Crippen molar-refractivity contribution in [3.63, 3.8) is 0 Å². The number of fused-ring (bicyclic) bond motifs is 12. The molecule has 0 fully saturated rings. The van der Waals surface area contributed by atoms with Gasteiger partial charge in [0.2, 0.25) is 0 Å². The number of hydrogen-bond donors (Lipinski definition) is 0. The van der Waals surface area contributed by atoms with Crippen molar-refractivity contribution < 1.29 is 4.74 Å². The molecule has 7 heterocycles. The lowest BCUT2D eigenvalue weighted by atomic mass is 9.31. The topological polar surface area (TPSA) is 51.2 Å². The zero-order valence-electron chi connectivity index (χ0n) is 59.3. The molecule has 4 aliphatic heterocycles. The zero-order chi connectivity index (χ0) is 68.8. The second kappa shape index (κ2) is 21.9. The average molecular weight is 1330 g/mol. The van der Waals surface area contributed by atoms with Crippen LogP contribution >= 0.6 is 11.3 Å². The number of hydrogen-bond acceptors (Lipinski definition) is 9. The number of nitrogens with zero attached hydrogens (tertiary/aromatic N) is 7. The van der Waals surface area contributed by atoms with Gasteiger partial charge in [0.15, 0.2) is 0 Å². The van der Waals surface area contributed by atoms with Crippen LogP contribution in [0.3, 0.4) is 0 Å². The number of pyridine rings is 2. The first-order chi connectivity index (χ1) is 48.7. The molecule has 0 saturated heterocycles. The zero-order valence-corrected chi connectivity index (χ0v) is 60.1. The molecule has 11 heteroatoms. The molecule has 0 saturated carbocycles. The Hall–Kier alpha value is -10.6. The number of thiophene rings is 1. The van der Waals surface area contributed by atoms with Gasteiger partial charge in [-0.2, -0.15) is 0 Å². The minimum atomic E-state index is -0.282. The number of anilines is 15. The third-order valence-corrected chi connectivity index (χ3v) is 24.0. The maximum Gasteiger partial charge on any atom is 0.271 e. The molecule has 2 aliphatic carbocycles. The summed E-state index contributed by atoms with van der Waals surface area (Å²) in [7, 11) is 0. The van der Waals surface area contributed by atoms with Crippen molar-refractivity contribution in [3.05, 3.63) is 283 Å². The largest absolute Gasteiger partial charge is 0.458 e. The number of para-hydroxylation sites is 6. The molecular formula is C90H79B2N7OS. The highest BCUT2D eigenvalue weighted by Gasteiger charge is 2.52. The predicted molar refractivity (Wildman–Crippen MR) is 427 cm³/mol. The Labute approximate surface area is 598 Å². The van der Waals surface area contributed by atoms with E-state index in [2.05, 4.69) is 355 Å². The molecule has 0 radical (unpaired) electrons. The van der Waals surface area contributed by atoms with Crippen molar-refractivity contribution in [2.45, 2.75) is 116 Å². The number of benzene rings is 10. The minimum absolute atomic E-state index is 0.0137. The summed E-state index contributed by atoms with van der Waals surface area (Å²) in [6, 6.07) is 94.3. The van der Waals surface area contributed by atoms with Crippen LogP contribution in [0.25, 0.3) is 10.1 Å². The van der Waals surface area contributed by atoms with E-state index in [0.29, 0.717) is 0 Å². The standard InChI is InChI=1S/C90H79B2N7OS/c1-86(2,3)56-41-46-77-64(47-56)82-83(101-77)92-71-50-70-73(51-75(71)100-76-53-79(96(59-33-21-14-22-34-59)60-35-23-15-24-36-60)94-85(81(76)92)99(82)63-43-45-66-68(49-63)90(10,11)55-88(66,6)7)97(61-37-25-16-26-38-61)74-52-78(95(57-29-17-12-18-30-57)58-31-19-13-20-32-58)93-84-80(74)91(70)69-39-27-28-40-72(69)98(84)62-42-44-65-67(48-62)89(8,9)54-87(65,4)5/h12-53H,54-55H2,1-11H3. The maximum atomic E-state index is 7.95. The van der Waals surface area contributed by atoms with E-state index in [0.717, 1.165) is 121 Å². The van der Waals surface area contributed by atoms with Crippen LogP contribution in [-0.2, 0) is 27.1 Å². The smallest absolute Gasteiger partial charge is 0.271 e. The van der Waals surface area contributed by atoms with E-state index >= 15 is 0 Å². The van der Waals surface area contributed by atoms with Gasteiger partial charge in [-0.1, -0.05) is 210 Å². The van der Waals surface area contributed by atoms with Crippen molar-refractivity contribution >= 4 is 153 Å². The van der Waals surface area contributed by atoms with Crippen molar-refractivity contribution in [3.8, 4) is 11.5 Å². The van der Waals surface area contributed by atoms with E-state index in [1.54, 1.807) is 0 Å². The molecule has 0 amide bonds. The van der Waals surface area contributed by atoms with Crippen LogP contribution in [0, 0.1) is 0 Å².